The summed E-state index contributed by atoms with van der Waals surface area (Å²) in [6, 6.07) is -0.926. The van der Waals surface area contributed by atoms with Crippen LogP contribution in [0.1, 0.15) is 38.9 Å². The Balaban J connectivity index is 2.55. The topological polar surface area (TPSA) is 102 Å². The van der Waals surface area contributed by atoms with Crippen LogP contribution in [-0.2, 0) is 17.0 Å². The highest BCUT2D eigenvalue weighted by atomic mass is 32.2. The van der Waals surface area contributed by atoms with Gasteiger partial charge in [0.1, 0.15) is 6.04 Å². The van der Waals surface area contributed by atoms with E-state index in [4.69, 9.17) is 15.4 Å². The number of hydrogen-bond acceptors (Lipinski definition) is 6. The smallest absolute Gasteiger partial charge is 0.321 e. The molecule has 1 aromatic rings. The van der Waals surface area contributed by atoms with Gasteiger partial charge in [0.05, 0.1) is 5.75 Å². The summed E-state index contributed by atoms with van der Waals surface area (Å²) in [5.41, 5.74) is 5.63. The number of nitrogens with zero attached hydrogens (tertiary/aromatic N) is 2. The molecule has 0 fully saturated rings. The summed E-state index contributed by atoms with van der Waals surface area (Å²) >= 11 is 1.41. The Morgan fingerprint density at radius 1 is 1.61 bits per heavy atom. The summed E-state index contributed by atoms with van der Waals surface area (Å²) in [7, 11) is 0. The van der Waals surface area contributed by atoms with Crippen LogP contribution in [0.4, 0.5) is 0 Å². The molecule has 7 heteroatoms. The molecule has 1 atom stereocenters. The second-order valence-electron chi connectivity index (χ2n) is 4.56. The molecule has 1 heterocycles. The largest absolute Gasteiger partial charge is 0.480 e. The molecule has 18 heavy (non-hydrogen) atoms. The van der Waals surface area contributed by atoms with E-state index in [9.17, 15) is 4.79 Å². The fourth-order valence-electron chi connectivity index (χ4n) is 1.30. The Morgan fingerprint density at radius 3 is 2.83 bits per heavy atom. The summed E-state index contributed by atoms with van der Waals surface area (Å²) in [5.74, 6) is 0.677. The lowest BCUT2D eigenvalue weighted by molar-refractivity contribution is -0.139. The summed E-state index contributed by atoms with van der Waals surface area (Å²) in [5, 5.41) is 12.7. The molecule has 3 N–H and O–H groups in total. The molecule has 6 nitrogen and oxygen atoms in total. The van der Waals surface area contributed by atoms with Crippen molar-refractivity contribution in [1.82, 2.24) is 10.1 Å². The SMILES string of the molecule is CCCc1nc(CSC(C)(C)[C@@H](N)C(=O)O)no1. The Morgan fingerprint density at radius 2 is 2.28 bits per heavy atom. The van der Waals surface area contributed by atoms with Gasteiger partial charge in [-0.3, -0.25) is 4.79 Å². The Kier molecular flexibility index (Phi) is 5.15. The van der Waals surface area contributed by atoms with Gasteiger partial charge in [-0.1, -0.05) is 12.1 Å². The van der Waals surface area contributed by atoms with Gasteiger partial charge < -0.3 is 15.4 Å². The molecule has 0 saturated heterocycles. The van der Waals surface area contributed by atoms with Crippen LogP contribution < -0.4 is 5.73 Å². The van der Waals surface area contributed by atoms with E-state index in [1.165, 1.54) is 11.8 Å². The van der Waals surface area contributed by atoms with Crippen LogP contribution in [0.3, 0.4) is 0 Å². The Hall–Kier alpha value is -1.08. The number of carboxylic acid groups (broad SMARTS) is 1. The van der Waals surface area contributed by atoms with Gasteiger partial charge >= 0.3 is 5.97 Å². The van der Waals surface area contributed by atoms with Crippen LogP contribution in [0.5, 0.6) is 0 Å². The molecule has 0 aliphatic rings. The molecular weight excluding hydrogens is 254 g/mol. The van der Waals surface area contributed by atoms with E-state index < -0.39 is 16.8 Å². The van der Waals surface area contributed by atoms with E-state index in [1.807, 2.05) is 6.92 Å². The highest BCUT2D eigenvalue weighted by molar-refractivity contribution is 7.99. The van der Waals surface area contributed by atoms with Crippen molar-refractivity contribution in [3.05, 3.63) is 11.7 Å². The average Bonchev–Trinajstić information content (AvgIpc) is 2.74. The van der Waals surface area contributed by atoms with Crippen molar-refractivity contribution in [3.8, 4) is 0 Å². The first-order valence-corrected chi connectivity index (χ1v) is 6.79. The second kappa shape index (κ2) is 6.19. The van der Waals surface area contributed by atoms with Crippen LogP contribution in [0.25, 0.3) is 0 Å². The number of carbonyl (C=O) groups is 1. The third-order valence-corrected chi connectivity index (χ3v) is 3.96. The molecule has 0 radical (unpaired) electrons. The number of nitrogens with two attached hydrogens (primary N) is 1. The molecule has 0 aliphatic carbocycles. The lowest BCUT2D eigenvalue weighted by Crippen LogP contribution is -2.46. The number of aryl methyl sites for hydroxylation is 1. The van der Waals surface area contributed by atoms with Gasteiger partial charge in [0.25, 0.3) is 0 Å². The molecular formula is C11H19N3O3S. The zero-order valence-corrected chi connectivity index (χ0v) is 11.7. The van der Waals surface area contributed by atoms with E-state index in [0.717, 1.165) is 12.8 Å². The molecule has 0 aromatic carbocycles. The Bertz CT molecular complexity index is 406. The van der Waals surface area contributed by atoms with Crippen molar-refractivity contribution in [3.63, 3.8) is 0 Å². The van der Waals surface area contributed by atoms with Crippen LogP contribution >= 0.6 is 11.8 Å². The van der Waals surface area contributed by atoms with Crippen LogP contribution in [0.2, 0.25) is 0 Å². The highest BCUT2D eigenvalue weighted by Crippen LogP contribution is 2.29. The standard InChI is InChI=1S/C11H19N3O3S/c1-4-5-8-13-7(14-17-8)6-18-11(2,3)9(12)10(15)16/h9H,4-6,12H2,1-3H3,(H,15,16)/t9-/m0/s1. The maximum Gasteiger partial charge on any atom is 0.321 e. The first-order valence-electron chi connectivity index (χ1n) is 5.80. The van der Waals surface area contributed by atoms with Gasteiger partial charge in [-0.15, -0.1) is 11.8 Å². The number of hydrogen-bond donors (Lipinski definition) is 2. The fourth-order valence-corrected chi connectivity index (χ4v) is 2.20. The van der Waals surface area contributed by atoms with Gasteiger partial charge in [-0.05, 0) is 20.3 Å². The highest BCUT2D eigenvalue weighted by Gasteiger charge is 2.32. The molecule has 0 unspecified atom stereocenters. The predicted molar refractivity (Wildman–Crippen MR) is 69.3 cm³/mol. The zero-order valence-electron chi connectivity index (χ0n) is 10.8. The van der Waals surface area contributed by atoms with E-state index >= 15 is 0 Å². The first kappa shape index (κ1) is 15.0. The van der Waals surface area contributed by atoms with Gasteiger partial charge in [0.15, 0.2) is 5.82 Å². The third-order valence-electron chi connectivity index (χ3n) is 2.56. The third kappa shape index (κ3) is 3.99. The van der Waals surface area contributed by atoms with Crippen molar-refractivity contribution in [2.75, 3.05) is 0 Å². The van der Waals surface area contributed by atoms with Crippen LogP contribution in [-0.4, -0.2) is 32.0 Å². The Labute approximate surface area is 110 Å². The van der Waals surface area contributed by atoms with Crippen molar-refractivity contribution >= 4 is 17.7 Å². The maximum absolute atomic E-state index is 10.9. The van der Waals surface area contributed by atoms with Crippen LogP contribution in [0.15, 0.2) is 4.52 Å². The summed E-state index contributed by atoms with van der Waals surface area (Å²) in [6.45, 7) is 5.63. The molecule has 0 saturated carbocycles. The number of rotatable bonds is 7. The minimum absolute atomic E-state index is 0.487. The monoisotopic (exact) mass is 273 g/mol. The quantitative estimate of drug-likeness (QED) is 0.775. The first-order chi connectivity index (χ1) is 8.36. The second-order valence-corrected chi connectivity index (χ2v) is 6.19. The van der Waals surface area contributed by atoms with Crippen molar-refractivity contribution in [2.24, 2.45) is 5.73 Å². The lowest BCUT2D eigenvalue weighted by atomic mass is 10.1. The summed E-state index contributed by atoms with van der Waals surface area (Å²) in [6.07, 6.45) is 1.71. The fraction of sp³-hybridized carbons (Fsp3) is 0.727. The van der Waals surface area contributed by atoms with Crippen molar-refractivity contribution in [2.45, 2.75) is 50.2 Å². The molecule has 0 bridgehead atoms. The summed E-state index contributed by atoms with van der Waals surface area (Å²) < 4.78 is 4.47. The van der Waals surface area contributed by atoms with Gasteiger partial charge in [-0.25, -0.2) is 0 Å². The molecule has 0 spiro atoms. The van der Waals surface area contributed by atoms with Gasteiger partial charge in [0.2, 0.25) is 5.89 Å². The number of carboxylic acids is 1. The maximum atomic E-state index is 10.9. The van der Waals surface area contributed by atoms with E-state index in [-0.39, 0.29) is 0 Å². The zero-order chi connectivity index (χ0) is 13.8. The minimum atomic E-state index is -1.01. The number of aliphatic carboxylic acids is 1. The van der Waals surface area contributed by atoms with E-state index in [2.05, 4.69) is 10.1 Å². The molecule has 1 aromatic heterocycles. The van der Waals surface area contributed by atoms with E-state index in [0.29, 0.717) is 17.5 Å². The van der Waals surface area contributed by atoms with Gasteiger partial charge in [-0.2, -0.15) is 4.98 Å². The minimum Gasteiger partial charge on any atom is -0.480 e. The summed E-state index contributed by atoms with van der Waals surface area (Å²) in [4.78, 5) is 15.1. The van der Waals surface area contributed by atoms with Gasteiger partial charge in [0, 0.05) is 11.2 Å². The van der Waals surface area contributed by atoms with Crippen molar-refractivity contribution < 1.29 is 14.4 Å². The lowest BCUT2D eigenvalue weighted by Gasteiger charge is -2.27. The van der Waals surface area contributed by atoms with E-state index in [1.54, 1.807) is 13.8 Å². The predicted octanol–water partition coefficient (Wildman–Crippen LogP) is 1.45. The normalized spacial score (nSPS) is 13.6. The van der Waals surface area contributed by atoms with Crippen LogP contribution in [0, 0.1) is 0 Å². The molecule has 0 aliphatic heterocycles. The number of thioether (sulfide) groups is 1. The molecule has 0 amide bonds. The van der Waals surface area contributed by atoms with Crippen molar-refractivity contribution in [1.29, 1.82) is 0 Å². The number of aromatic nitrogens is 2. The molecule has 102 valence electrons. The average molecular weight is 273 g/mol. The molecule has 1 rings (SSSR count).